The third-order valence-corrected chi connectivity index (χ3v) is 7.19. The van der Waals surface area contributed by atoms with E-state index >= 15 is 0 Å². The number of nitrogens with zero attached hydrogens (tertiary/aromatic N) is 3. The number of benzene rings is 1. The number of ether oxygens (including phenoxy) is 1. The summed E-state index contributed by atoms with van der Waals surface area (Å²) in [5, 5.41) is 7.15. The van der Waals surface area contributed by atoms with Crippen molar-refractivity contribution < 1.29 is 17.9 Å². The number of nitrogens with one attached hydrogen (secondary N) is 1. The van der Waals surface area contributed by atoms with Crippen LogP contribution in [-0.2, 0) is 10.0 Å². The van der Waals surface area contributed by atoms with E-state index in [9.17, 15) is 13.2 Å². The van der Waals surface area contributed by atoms with Crippen molar-refractivity contribution in [3.8, 4) is 5.75 Å². The number of rotatable bonds is 4. The van der Waals surface area contributed by atoms with Crippen LogP contribution in [0.25, 0.3) is 0 Å². The van der Waals surface area contributed by atoms with Gasteiger partial charge in [-0.05, 0) is 38.5 Å². The molecule has 152 valence electrons. The molecule has 0 radical (unpaired) electrons. The number of hydrogen-bond acceptors (Lipinski definition) is 5. The number of halogens is 1. The molecule has 2 aromatic rings. The smallest absolute Gasteiger partial charge is 0.257 e. The number of aryl methyl sites for hydroxylation is 2. The standard InChI is InChI=1S/C18H23ClN4O4S/c1-12-17(13(2)21-20-12)28(25,26)23-8-4-7-22(9-10-23)18(24)15-11-14(19)5-6-16(15)27-3/h5-6,11H,4,7-10H2,1-3H3,(H,20,21). The molecule has 0 spiro atoms. The summed E-state index contributed by atoms with van der Waals surface area (Å²) in [5.74, 6) is 0.210. The van der Waals surface area contributed by atoms with Gasteiger partial charge in [0.1, 0.15) is 10.6 Å². The molecule has 1 aliphatic heterocycles. The lowest BCUT2D eigenvalue weighted by Crippen LogP contribution is -2.37. The normalized spacial score (nSPS) is 16.1. The predicted molar refractivity (Wildman–Crippen MR) is 105 cm³/mol. The van der Waals surface area contributed by atoms with Gasteiger partial charge in [0.25, 0.3) is 5.91 Å². The number of carbonyl (C=O) groups is 1. The third-order valence-electron chi connectivity index (χ3n) is 4.79. The maximum Gasteiger partial charge on any atom is 0.257 e. The molecule has 0 saturated carbocycles. The number of methoxy groups -OCH3 is 1. The van der Waals surface area contributed by atoms with Crippen molar-refractivity contribution in [1.29, 1.82) is 0 Å². The Morgan fingerprint density at radius 3 is 2.61 bits per heavy atom. The van der Waals surface area contributed by atoms with Crippen molar-refractivity contribution in [2.75, 3.05) is 33.3 Å². The second-order valence-electron chi connectivity index (χ2n) is 6.66. The Balaban J connectivity index is 1.80. The molecule has 1 fully saturated rings. The van der Waals surface area contributed by atoms with E-state index in [2.05, 4.69) is 10.2 Å². The van der Waals surface area contributed by atoms with Crippen LogP contribution >= 0.6 is 11.6 Å². The second-order valence-corrected chi connectivity index (χ2v) is 8.97. The highest BCUT2D eigenvalue weighted by Gasteiger charge is 2.32. The van der Waals surface area contributed by atoms with Gasteiger partial charge in [-0.1, -0.05) is 11.6 Å². The predicted octanol–water partition coefficient (Wildman–Crippen LogP) is 2.23. The van der Waals surface area contributed by atoms with E-state index in [-0.39, 0.29) is 23.9 Å². The Labute approximate surface area is 169 Å². The average Bonchev–Trinajstić information content (AvgIpc) is 2.86. The van der Waals surface area contributed by atoms with Crippen LogP contribution in [0.2, 0.25) is 5.02 Å². The maximum atomic E-state index is 13.1. The number of aromatic nitrogens is 2. The molecular formula is C18H23ClN4O4S. The van der Waals surface area contributed by atoms with Crippen LogP contribution in [0.3, 0.4) is 0 Å². The quantitative estimate of drug-likeness (QED) is 0.808. The van der Waals surface area contributed by atoms with E-state index in [1.165, 1.54) is 11.4 Å². The highest BCUT2D eigenvalue weighted by molar-refractivity contribution is 7.89. The third kappa shape index (κ3) is 3.87. The Hall–Kier alpha value is -2.10. The van der Waals surface area contributed by atoms with E-state index in [4.69, 9.17) is 16.3 Å². The Kier molecular flexibility index (Phi) is 5.97. The van der Waals surface area contributed by atoms with Gasteiger partial charge in [0.2, 0.25) is 10.0 Å². The molecule has 3 rings (SSSR count). The molecule has 0 bridgehead atoms. The number of H-pyrrole nitrogens is 1. The average molecular weight is 427 g/mol. The molecule has 1 aliphatic rings. The SMILES string of the molecule is COc1ccc(Cl)cc1C(=O)N1CCCN(S(=O)(=O)c2c(C)n[nH]c2C)CC1. The molecule has 8 nitrogen and oxygen atoms in total. The van der Waals surface area contributed by atoms with E-state index in [0.717, 1.165) is 0 Å². The van der Waals surface area contributed by atoms with Crippen LogP contribution in [0.4, 0.5) is 0 Å². The second kappa shape index (κ2) is 8.10. The zero-order valence-electron chi connectivity index (χ0n) is 16.0. The topological polar surface area (TPSA) is 95.6 Å². The monoisotopic (exact) mass is 426 g/mol. The van der Waals surface area contributed by atoms with Gasteiger partial charge in [0, 0.05) is 31.2 Å². The summed E-state index contributed by atoms with van der Waals surface area (Å²) in [7, 11) is -2.19. The number of aromatic amines is 1. The van der Waals surface area contributed by atoms with Gasteiger partial charge >= 0.3 is 0 Å². The zero-order chi connectivity index (χ0) is 20.5. The highest BCUT2D eigenvalue weighted by atomic mass is 35.5. The zero-order valence-corrected chi connectivity index (χ0v) is 17.6. The van der Waals surface area contributed by atoms with E-state index in [1.807, 2.05) is 0 Å². The van der Waals surface area contributed by atoms with Crippen molar-refractivity contribution in [3.05, 3.63) is 40.2 Å². The van der Waals surface area contributed by atoms with Gasteiger partial charge in [0.05, 0.1) is 24.1 Å². The van der Waals surface area contributed by atoms with E-state index < -0.39 is 10.0 Å². The van der Waals surface area contributed by atoms with Gasteiger partial charge in [-0.3, -0.25) is 9.89 Å². The molecule has 0 aliphatic carbocycles. The number of amides is 1. The van der Waals surface area contributed by atoms with Crippen molar-refractivity contribution in [1.82, 2.24) is 19.4 Å². The molecule has 1 aromatic heterocycles. The lowest BCUT2D eigenvalue weighted by Gasteiger charge is -2.23. The summed E-state index contributed by atoms with van der Waals surface area (Å²) in [5.41, 5.74) is 1.32. The van der Waals surface area contributed by atoms with Gasteiger partial charge in [0.15, 0.2) is 0 Å². The number of carbonyl (C=O) groups excluding carboxylic acids is 1. The molecule has 1 amide bonds. The summed E-state index contributed by atoms with van der Waals surface area (Å²) in [6.07, 6.45) is 0.532. The summed E-state index contributed by atoms with van der Waals surface area (Å²) >= 11 is 6.04. The minimum Gasteiger partial charge on any atom is -0.496 e. The largest absolute Gasteiger partial charge is 0.496 e. The van der Waals surface area contributed by atoms with Crippen LogP contribution in [0.1, 0.15) is 28.2 Å². The minimum atomic E-state index is -3.68. The molecule has 1 N–H and O–H groups in total. The molecular weight excluding hydrogens is 404 g/mol. The highest BCUT2D eigenvalue weighted by Crippen LogP contribution is 2.26. The van der Waals surface area contributed by atoms with Gasteiger partial charge in [-0.25, -0.2) is 8.42 Å². The molecule has 10 heteroatoms. The fourth-order valence-corrected chi connectivity index (χ4v) is 5.38. The lowest BCUT2D eigenvalue weighted by molar-refractivity contribution is 0.0761. The summed E-state index contributed by atoms with van der Waals surface area (Å²) in [6.45, 7) is 4.62. The Morgan fingerprint density at radius 2 is 1.96 bits per heavy atom. The number of hydrogen-bond donors (Lipinski definition) is 1. The first-order valence-electron chi connectivity index (χ1n) is 8.90. The van der Waals surface area contributed by atoms with Gasteiger partial charge < -0.3 is 9.64 Å². The van der Waals surface area contributed by atoms with Crippen molar-refractivity contribution >= 4 is 27.5 Å². The van der Waals surface area contributed by atoms with Crippen molar-refractivity contribution in [2.45, 2.75) is 25.2 Å². The first kappa shape index (κ1) is 20.6. The molecule has 1 aromatic carbocycles. The van der Waals surface area contributed by atoms with E-state index in [0.29, 0.717) is 47.2 Å². The fourth-order valence-electron chi connectivity index (χ4n) is 3.40. The summed E-state index contributed by atoms with van der Waals surface area (Å²) < 4.78 is 32.8. The molecule has 0 atom stereocenters. The summed E-state index contributed by atoms with van der Waals surface area (Å²) in [6, 6.07) is 4.87. The first-order chi connectivity index (χ1) is 13.3. The van der Waals surface area contributed by atoms with Gasteiger partial charge in [-0.2, -0.15) is 9.40 Å². The van der Waals surface area contributed by atoms with Crippen LogP contribution in [0, 0.1) is 13.8 Å². The molecule has 2 heterocycles. The minimum absolute atomic E-state index is 0.209. The fraction of sp³-hybridized carbons (Fsp3) is 0.444. The van der Waals surface area contributed by atoms with E-state index in [1.54, 1.807) is 36.9 Å². The van der Waals surface area contributed by atoms with Crippen molar-refractivity contribution in [3.63, 3.8) is 0 Å². The van der Waals surface area contributed by atoms with Crippen LogP contribution < -0.4 is 4.74 Å². The van der Waals surface area contributed by atoms with Gasteiger partial charge in [-0.15, -0.1) is 0 Å². The van der Waals surface area contributed by atoms with Crippen LogP contribution in [0.15, 0.2) is 23.1 Å². The molecule has 1 saturated heterocycles. The summed E-state index contributed by atoms with van der Waals surface area (Å²) in [4.78, 5) is 14.8. The maximum absolute atomic E-state index is 13.1. The first-order valence-corrected chi connectivity index (χ1v) is 10.7. The van der Waals surface area contributed by atoms with Crippen LogP contribution in [0.5, 0.6) is 5.75 Å². The Morgan fingerprint density at radius 1 is 1.21 bits per heavy atom. The lowest BCUT2D eigenvalue weighted by atomic mass is 10.1. The molecule has 0 unspecified atom stereocenters. The number of sulfonamides is 1. The van der Waals surface area contributed by atoms with Crippen molar-refractivity contribution in [2.24, 2.45) is 0 Å². The molecule has 28 heavy (non-hydrogen) atoms. The Bertz CT molecular complexity index is 970. The van der Waals surface area contributed by atoms with Crippen LogP contribution in [-0.4, -0.2) is 67.0 Å².